The molecule has 0 amide bonds. The van der Waals surface area contributed by atoms with E-state index in [9.17, 15) is 14.4 Å². The minimum atomic E-state index is -0.762. The number of hydrogen-bond acceptors (Lipinski definition) is 6. The fraction of sp³-hybridized carbons (Fsp3) is 0.941. The number of esters is 3. The van der Waals surface area contributed by atoms with Gasteiger partial charge in [-0.3, -0.25) is 14.4 Å². The first kappa shape index (κ1) is 55.4. The molecule has 57 heavy (non-hydrogen) atoms. The Balaban J connectivity index is 4.26. The molecule has 0 aromatic rings. The van der Waals surface area contributed by atoms with Crippen molar-refractivity contribution >= 4 is 17.9 Å². The third kappa shape index (κ3) is 45.3. The van der Waals surface area contributed by atoms with Crippen molar-refractivity contribution in [1.29, 1.82) is 0 Å². The Bertz CT molecular complexity index is 883. The Morgan fingerprint density at radius 1 is 0.298 bits per heavy atom. The van der Waals surface area contributed by atoms with Crippen LogP contribution in [0.5, 0.6) is 0 Å². The van der Waals surface area contributed by atoms with Crippen molar-refractivity contribution in [2.75, 3.05) is 13.2 Å². The lowest BCUT2D eigenvalue weighted by Crippen LogP contribution is -2.30. The fourth-order valence-corrected chi connectivity index (χ4v) is 7.59. The molecule has 0 aliphatic rings. The predicted octanol–water partition coefficient (Wildman–Crippen LogP) is 16.0. The quantitative estimate of drug-likeness (QED) is 0.0347. The summed E-state index contributed by atoms with van der Waals surface area (Å²) in [4.78, 5) is 37.8. The smallest absolute Gasteiger partial charge is 0.306 e. The van der Waals surface area contributed by atoms with Gasteiger partial charge in [-0.05, 0) is 37.0 Å². The van der Waals surface area contributed by atoms with Crippen molar-refractivity contribution in [3.63, 3.8) is 0 Å². The first-order chi connectivity index (χ1) is 27.6. The van der Waals surface area contributed by atoms with Gasteiger partial charge in [0.15, 0.2) is 6.10 Å². The third-order valence-electron chi connectivity index (χ3n) is 11.4. The predicted molar refractivity (Wildman–Crippen MR) is 243 cm³/mol. The van der Waals surface area contributed by atoms with E-state index in [1.54, 1.807) is 0 Å². The maximum Gasteiger partial charge on any atom is 0.306 e. The van der Waals surface area contributed by atoms with Crippen LogP contribution in [0.4, 0.5) is 0 Å². The molecule has 0 spiro atoms. The molecule has 0 radical (unpaired) electrons. The Hall–Kier alpha value is -1.59. The fourth-order valence-electron chi connectivity index (χ4n) is 7.59. The third-order valence-corrected chi connectivity index (χ3v) is 11.4. The summed E-state index contributed by atoms with van der Waals surface area (Å²) in [6.45, 7) is 13.6. The normalized spacial score (nSPS) is 12.2. The van der Waals surface area contributed by atoms with E-state index in [2.05, 4.69) is 41.5 Å². The standard InChI is InChI=1S/C51H98O6/c1-45(2)37-31-25-19-15-11-8-7-9-13-17-21-28-34-40-49(52)55-43-48(57-51(54)42-36-30-24-23-27-33-39-47(5)6)44-56-50(53)41-35-29-22-18-14-10-12-16-20-26-32-38-46(3)4/h45-48H,7-44H2,1-6H3/t48-/m1/s1. The highest BCUT2D eigenvalue weighted by Gasteiger charge is 2.19. The second-order valence-electron chi connectivity index (χ2n) is 18.9. The Kier molecular flexibility index (Phi) is 41.3. The molecule has 0 aromatic heterocycles. The molecule has 6 heteroatoms. The van der Waals surface area contributed by atoms with Crippen LogP contribution in [0.15, 0.2) is 0 Å². The second-order valence-corrected chi connectivity index (χ2v) is 18.9. The summed E-state index contributed by atoms with van der Waals surface area (Å²) in [6.07, 6.45) is 41.0. The summed E-state index contributed by atoms with van der Waals surface area (Å²) in [7, 11) is 0. The molecule has 0 aliphatic carbocycles. The molecule has 0 unspecified atom stereocenters. The molecule has 0 heterocycles. The van der Waals surface area contributed by atoms with Crippen LogP contribution in [0.25, 0.3) is 0 Å². The molecule has 0 N–H and O–H groups in total. The molecular formula is C51H98O6. The van der Waals surface area contributed by atoms with Crippen LogP contribution in [-0.2, 0) is 28.6 Å². The monoisotopic (exact) mass is 807 g/mol. The molecule has 0 fully saturated rings. The van der Waals surface area contributed by atoms with Crippen molar-refractivity contribution in [3.05, 3.63) is 0 Å². The number of hydrogen-bond donors (Lipinski definition) is 0. The topological polar surface area (TPSA) is 78.9 Å². The average molecular weight is 807 g/mol. The van der Waals surface area contributed by atoms with Gasteiger partial charge >= 0.3 is 17.9 Å². The van der Waals surface area contributed by atoms with Crippen LogP contribution < -0.4 is 0 Å². The van der Waals surface area contributed by atoms with E-state index in [0.29, 0.717) is 19.3 Å². The zero-order valence-corrected chi connectivity index (χ0v) is 39.1. The molecule has 0 rings (SSSR count). The van der Waals surface area contributed by atoms with Crippen LogP contribution in [0.3, 0.4) is 0 Å². The Labute approximate surface area is 355 Å². The van der Waals surface area contributed by atoms with Gasteiger partial charge in [-0.1, -0.05) is 234 Å². The van der Waals surface area contributed by atoms with Gasteiger partial charge in [-0.25, -0.2) is 0 Å². The van der Waals surface area contributed by atoms with Crippen molar-refractivity contribution in [1.82, 2.24) is 0 Å². The van der Waals surface area contributed by atoms with E-state index < -0.39 is 6.10 Å². The van der Waals surface area contributed by atoms with Crippen molar-refractivity contribution < 1.29 is 28.6 Å². The van der Waals surface area contributed by atoms with Crippen molar-refractivity contribution in [2.24, 2.45) is 17.8 Å². The highest BCUT2D eigenvalue weighted by Crippen LogP contribution is 2.17. The van der Waals surface area contributed by atoms with Crippen molar-refractivity contribution in [2.45, 2.75) is 279 Å². The van der Waals surface area contributed by atoms with E-state index in [0.717, 1.165) is 75.5 Å². The maximum atomic E-state index is 12.7. The van der Waals surface area contributed by atoms with E-state index in [4.69, 9.17) is 14.2 Å². The van der Waals surface area contributed by atoms with Gasteiger partial charge in [0.05, 0.1) is 0 Å². The number of ether oxygens (including phenoxy) is 3. The summed E-state index contributed by atoms with van der Waals surface area (Å²) >= 11 is 0. The zero-order chi connectivity index (χ0) is 42.0. The van der Waals surface area contributed by atoms with E-state index >= 15 is 0 Å². The van der Waals surface area contributed by atoms with Crippen LogP contribution in [0, 0.1) is 17.8 Å². The molecule has 0 aliphatic heterocycles. The van der Waals surface area contributed by atoms with Crippen LogP contribution in [-0.4, -0.2) is 37.2 Å². The molecule has 0 saturated carbocycles. The summed E-state index contributed by atoms with van der Waals surface area (Å²) < 4.78 is 16.8. The summed E-state index contributed by atoms with van der Waals surface area (Å²) in [5, 5.41) is 0. The van der Waals surface area contributed by atoms with Crippen LogP contribution in [0.1, 0.15) is 273 Å². The van der Waals surface area contributed by atoms with Gasteiger partial charge in [-0.15, -0.1) is 0 Å². The molecular weight excluding hydrogens is 709 g/mol. The van der Waals surface area contributed by atoms with Gasteiger partial charge in [-0.2, -0.15) is 0 Å². The lowest BCUT2D eigenvalue weighted by atomic mass is 10.0. The minimum absolute atomic E-state index is 0.0659. The Morgan fingerprint density at radius 2 is 0.509 bits per heavy atom. The SMILES string of the molecule is CC(C)CCCCCCCCCCCCCCCC(=O)OC[C@H](COC(=O)CCCCCCCCCCCCCC(C)C)OC(=O)CCCCCCCCC(C)C. The molecule has 0 aromatic carbocycles. The molecule has 1 atom stereocenters. The highest BCUT2D eigenvalue weighted by molar-refractivity contribution is 5.71. The summed E-state index contributed by atoms with van der Waals surface area (Å²) in [5.74, 6) is 1.57. The molecule has 0 bridgehead atoms. The number of carbonyl (C=O) groups excluding carboxylic acids is 3. The number of carbonyl (C=O) groups is 3. The summed E-state index contributed by atoms with van der Waals surface area (Å²) in [6, 6.07) is 0. The first-order valence-corrected chi connectivity index (χ1v) is 25.1. The van der Waals surface area contributed by atoms with Crippen LogP contribution >= 0.6 is 0 Å². The van der Waals surface area contributed by atoms with Gasteiger partial charge in [0.25, 0.3) is 0 Å². The largest absolute Gasteiger partial charge is 0.462 e. The molecule has 0 saturated heterocycles. The second kappa shape index (κ2) is 42.5. The Morgan fingerprint density at radius 3 is 0.754 bits per heavy atom. The van der Waals surface area contributed by atoms with Gasteiger partial charge in [0.1, 0.15) is 13.2 Å². The van der Waals surface area contributed by atoms with Gasteiger partial charge < -0.3 is 14.2 Å². The average Bonchev–Trinajstić information content (AvgIpc) is 3.16. The van der Waals surface area contributed by atoms with E-state index in [-0.39, 0.29) is 31.1 Å². The van der Waals surface area contributed by atoms with Crippen molar-refractivity contribution in [3.8, 4) is 0 Å². The lowest BCUT2D eigenvalue weighted by Gasteiger charge is -2.18. The molecule has 6 nitrogen and oxygen atoms in total. The van der Waals surface area contributed by atoms with E-state index in [1.807, 2.05) is 0 Å². The van der Waals surface area contributed by atoms with Gasteiger partial charge in [0.2, 0.25) is 0 Å². The highest BCUT2D eigenvalue weighted by atomic mass is 16.6. The van der Waals surface area contributed by atoms with Gasteiger partial charge in [0, 0.05) is 19.3 Å². The lowest BCUT2D eigenvalue weighted by molar-refractivity contribution is -0.167. The minimum Gasteiger partial charge on any atom is -0.462 e. The van der Waals surface area contributed by atoms with Crippen LogP contribution in [0.2, 0.25) is 0 Å². The first-order valence-electron chi connectivity index (χ1n) is 25.1. The molecule has 338 valence electrons. The zero-order valence-electron chi connectivity index (χ0n) is 39.1. The summed E-state index contributed by atoms with van der Waals surface area (Å²) in [5.41, 5.74) is 0. The maximum absolute atomic E-state index is 12.7. The number of unbranched alkanes of at least 4 members (excludes halogenated alkanes) is 27. The number of rotatable bonds is 44. The van der Waals surface area contributed by atoms with E-state index in [1.165, 1.54) is 154 Å².